The zero-order valence-corrected chi connectivity index (χ0v) is 11.8. The van der Waals surface area contributed by atoms with Crippen LogP contribution in [0.5, 0.6) is 0 Å². The fraction of sp³-hybridized carbons (Fsp3) is 0.615. The van der Waals surface area contributed by atoms with Gasteiger partial charge < -0.3 is 15.1 Å². The molecule has 1 fully saturated rings. The van der Waals surface area contributed by atoms with E-state index in [0.717, 1.165) is 37.4 Å². The van der Waals surface area contributed by atoms with Crippen LogP contribution >= 0.6 is 0 Å². The van der Waals surface area contributed by atoms with Crippen molar-refractivity contribution in [2.45, 2.75) is 19.8 Å². The highest BCUT2D eigenvalue weighted by molar-refractivity contribution is 5.81. The molecule has 0 radical (unpaired) electrons. The molecule has 0 aromatic carbocycles. The molecule has 1 saturated heterocycles. The highest BCUT2D eigenvalue weighted by Gasteiger charge is 2.19. The lowest BCUT2D eigenvalue weighted by Crippen LogP contribution is -2.37. The van der Waals surface area contributed by atoms with Crippen molar-refractivity contribution >= 4 is 17.7 Å². The molecular formula is C13H21N5O. The van der Waals surface area contributed by atoms with E-state index in [4.69, 9.17) is 0 Å². The molecule has 0 unspecified atom stereocenters. The van der Waals surface area contributed by atoms with Gasteiger partial charge in [0.1, 0.15) is 5.82 Å². The molecule has 0 aliphatic carbocycles. The summed E-state index contributed by atoms with van der Waals surface area (Å²) in [5.74, 6) is 1.52. The van der Waals surface area contributed by atoms with E-state index >= 15 is 0 Å². The maximum absolute atomic E-state index is 12.1. The van der Waals surface area contributed by atoms with Gasteiger partial charge in [-0.2, -0.15) is 4.98 Å². The number of amides is 1. The quantitative estimate of drug-likeness (QED) is 0.874. The normalized spacial score (nSPS) is 14.6. The topological polar surface area (TPSA) is 61.4 Å². The van der Waals surface area contributed by atoms with Crippen LogP contribution in [-0.4, -0.2) is 54.5 Å². The molecule has 0 atom stereocenters. The number of nitrogens with zero attached hydrogens (tertiary/aromatic N) is 4. The lowest BCUT2D eigenvalue weighted by atomic mass is 10.4. The van der Waals surface area contributed by atoms with E-state index in [1.54, 1.807) is 7.05 Å². The number of hydrogen-bond donors (Lipinski definition) is 1. The average molecular weight is 263 g/mol. The Bertz CT molecular complexity index is 456. The number of carbonyl (C=O) groups is 1. The Hall–Kier alpha value is -1.85. The third-order valence-corrected chi connectivity index (χ3v) is 3.29. The summed E-state index contributed by atoms with van der Waals surface area (Å²) < 4.78 is 0. The number of likely N-dealkylation sites (N-methyl/N-ethyl adjacent to an activating group) is 1. The molecule has 6 heteroatoms. The molecule has 6 nitrogen and oxygen atoms in total. The Morgan fingerprint density at radius 2 is 2.11 bits per heavy atom. The van der Waals surface area contributed by atoms with E-state index in [-0.39, 0.29) is 5.91 Å². The minimum Gasteiger partial charge on any atom is -0.357 e. The molecule has 1 amide bonds. The maximum atomic E-state index is 12.1. The summed E-state index contributed by atoms with van der Waals surface area (Å²) >= 11 is 0. The first kappa shape index (κ1) is 13.6. The summed E-state index contributed by atoms with van der Waals surface area (Å²) in [6.07, 6.45) is 2.23. The largest absolute Gasteiger partial charge is 0.357 e. The van der Waals surface area contributed by atoms with Crippen molar-refractivity contribution < 1.29 is 4.79 Å². The van der Waals surface area contributed by atoms with Crippen molar-refractivity contribution in [1.29, 1.82) is 0 Å². The molecule has 0 saturated carbocycles. The summed E-state index contributed by atoms with van der Waals surface area (Å²) in [6.45, 7) is 4.05. The van der Waals surface area contributed by atoms with Crippen LogP contribution in [0.2, 0.25) is 0 Å². The summed E-state index contributed by atoms with van der Waals surface area (Å²) in [7, 11) is 3.67. The van der Waals surface area contributed by atoms with Gasteiger partial charge in [0.25, 0.3) is 0 Å². The minimum absolute atomic E-state index is 0.169. The number of hydrogen-bond acceptors (Lipinski definition) is 5. The number of nitrogens with one attached hydrogen (secondary N) is 1. The lowest BCUT2D eigenvalue weighted by Gasteiger charge is -2.22. The van der Waals surface area contributed by atoms with Gasteiger partial charge >= 0.3 is 0 Å². The molecule has 0 bridgehead atoms. The van der Waals surface area contributed by atoms with Crippen molar-refractivity contribution in [3.8, 4) is 0 Å². The monoisotopic (exact) mass is 263 g/mol. The van der Waals surface area contributed by atoms with Gasteiger partial charge in [0.05, 0.1) is 6.54 Å². The third-order valence-electron chi connectivity index (χ3n) is 3.29. The molecule has 19 heavy (non-hydrogen) atoms. The van der Waals surface area contributed by atoms with Gasteiger partial charge in [-0.1, -0.05) is 0 Å². The zero-order valence-electron chi connectivity index (χ0n) is 11.8. The van der Waals surface area contributed by atoms with Crippen LogP contribution in [0.15, 0.2) is 6.07 Å². The van der Waals surface area contributed by atoms with E-state index in [1.165, 1.54) is 0 Å². The molecule has 1 N–H and O–H groups in total. The third kappa shape index (κ3) is 3.33. The van der Waals surface area contributed by atoms with E-state index in [2.05, 4.69) is 15.3 Å². The van der Waals surface area contributed by atoms with Crippen molar-refractivity contribution in [1.82, 2.24) is 14.9 Å². The molecule has 0 spiro atoms. The van der Waals surface area contributed by atoms with Gasteiger partial charge in [-0.25, -0.2) is 4.98 Å². The lowest BCUT2D eigenvalue weighted by molar-refractivity contribution is -0.128. The van der Waals surface area contributed by atoms with Crippen molar-refractivity contribution in [2.75, 3.05) is 43.9 Å². The molecule has 1 aliphatic heterocycles. The second kappa shape index (κ2) is 5.86. The van der Waals surface area contributed by atoms with Crippen LogP contribution < -0.4 is 10.2 Å². The molecule has 2 heterocycles. The summed E-state index contributed by atoms with van der Waals surface area (Å²) in [6, 6.07) is 1.89. The van der Waals surface area contributed by atoms with E-state index in [1.807, 2.05) is 29.8 Å². The molecule has 104 valence electrons. The predicted octanol–water partition coefficient (Wildman–Crippen LogP) is 0.885. The van der Waals surface area contributed by atoms with Gasteiger partial charge in [-0.15, -0.1) is 0 Å². The highest BCUT2D eigenvalue weighted by atomic mass is 16.2. The molecule has 1 aromatic heterocycles. The van der Waals surface area contributed by atoms with Gasteiger partial charge in [-0.05, 0) is 19.8 Å². The van der Waals surface area contributed by atoms with Crippen LogP contribution in [0.25, 0.3) is 0 Å². The zero-order chi connectivity index (χ0) is 13.8. The Kier molecular flexibility index (Phi) is 4.19. The van der Waals surface area contributed by atoms with E-state index in [9.17, 15) is 4.79 Å². The highest BCUT2D eigenvalue weighted by Crippen LogP contribution is 2.14. The van der Waals surface area contributed by atoms with Gasteiger partial charge in [-0.3, -0.25) is 4.79 Å². The van der Waals surface area contributed by atoms with E-state index in [0.29, 0.717) is 12.5 Å². The first-order valence-electron chi connectivity index (χ1n) is 6.62. The maximum Gasteiger partial charge on any atom is 0.242 e. The molecule has 1 aliphatic rings. The Labute approximate surface area is 113 Å². The van der Waals surface area contributed by atoms with Crippen LogP contribution in [0.1, 0.15) is 18.5 Å². The number of aryl methyl sites for hydroxylation is 1. The number of rotatable bonds is 4. The Balaban J connectivity index is 2.04. The second-order valence-electron chi connectivity index (χ2n) is 4.89. The number of aromatic nitrogens is 2. The standard InChI is InChI=1S/C13H21N5O/c1-10-8-11(16-13(14-2)15-10)17(3)9-12(19)18-6-4-5-7-18/h8H,4-7,9H2,1-3H3,(H,14,15,16). The minimum atomic E-state index is 0.169. The van der Waals surface area contributed by atoms with Crippen LogP contribution in [0.4, 0.5) is 11.8 Å². The van der Waals surface area contributed by atoms with Crippen molar-refractivity contribution in [2.24, 2.45) is 0 Å². The summed E-state index contributed by atoms with van der Waals surface area (Å²) in [5, 5.41) is 2.93. The average Bonchev–Trinajstić information content (AvgIpc) is 2.91. The summed E-state index contributed by atoms with van der Waals surface area (Å²) in [4.78, 5) is 24.5. The summed E-state index contributed by atoms with van der Waals surface area (Å²) in [5.41, 5.74) is 0.884. The predicted molar refractivity (Wildman–Crippen MR) is 75.4 cm³/mol. The first-order chi connectivity index (χ1) is 9.10. The second-order valence-corrected chi connectivity index (χ2v) is 4.89. The SMILES string of the molecule is CNc1nc(C)cc(N(C)CC(=O)N2CCCC2)n1. The van der Waals surface area contributed by atoms with Gasteiger partial charge in [0.15, 0.2) is 0 Å². The first-order valence-corrected chi connectivity index (χ1v) is 6.62. The Morgan fingerprint density at radius 3 is 2.74 bits per heavy atom. The van der Waals surface area contributed by atoms with Crippen molar-refractivity contribution in [3.63, 3.8) is 0 Å². The fourth-order valence-corrected chi connectivity index (χ4v) is 2.21. The molecular weight excluding hydrogens is 242 g/mol. The van der Waals surface area contributed by atoms with E-state index < -0.39 is 0 Å². The number of anilines is 2. The van der Waals surface area contributed by atoms with Crippen LogP contribution in [0, 0.1) is 6.92 Å². The number of carbonyl (C=O) groups excluding carboxylic acids is 1. The smallest absolute Gasteiger partial charge is 0.242 e. The molecule has 1 aromatic rings. The van der Waals surface area contributed by atoms with Crippen molar-refractivity contribution in [3.05, 3.63) is 11.8 Å². The molecule has 2 rings (SSSR count). The fourth-order valence-electron chi connectivity index (χ4n) is 2.21. The van der Waals surface area contributed by atoms with Gasteiger partial charge in [0.2, 0.25) is 11.9 Å². The van der Waals surface area contributed by atoms with Crippen LogP contribution in [0.3, 0.4) is 0 Å². The van der Waals surface area contributed by atoms with Gasteiger partial charge in [0, 0.05) is 38.9 Å². The number of likely N-dealkylation sites (tertiary alicyclic amines) is 1. The Morgan fingerprint density at radius 1 is 1.42 bits per heavy atom. The van der Waals surface area contributed by atoms with Crippen LogP contribution in [-0.2, 0) is 4.79 Å².